The molecule has 152 valence electrons. The number of para-hydroxylation sites is 1. The van der Waals surface area contributed by atoms with Crippen LogP contribution in [0.15, 0.2) is 35.4 Å². The molecule has 3 rings (SSSR count). The molecule has 0 N–H and O–H groups in total. The highest BCUT2D eigenvalue weighted by atomic mass is 32.2. The van der Waals surface area contributed by atoms with Crippen molar-refractivity contribution in [2.75, 3.05) is 12.9 Å². The molecule has 2 aromatic heterocycles. The van der Waals surface area contributed by atoms with Crippen LogP contribution in [-0.2, 0) is 16.1 Å². The first-order valence-corrected chi connectivity index (χ1v) is 10.6. The molecule has 0 aliphatic carbocycles. The second-order valence-electron chi connectivity index (χ2n) is 7.22. The summed E-state index contributed by atoms with van der Waals surface area (Å²) < 4.78 is 6.71. The molecule has 0 amide bonds. The van der Waals surface area contributed by atoms with Crippen molar-refractivity contribution in [1.82, 2.24) is 9.55 Å². The van der Waals surface area contributed by atoms with E-state index in [0.717, 1.165) is 38.4 Å². The van der Waals surface area contributed by atoms with Gasteiger partial charge in [0.1, 0.15) is 0 Å². The minimum Gasteiger partial charge on any atom is -0.469 e. The van der Waals surface area contributed by atoms with Gasteiger partial charge in [-0.3, -0.25) is 9.59 Å². The van der Waals surface area contributed by atoms with E-state index in [4.69, 9.17) is 9.72 Å². The van der Waals surface area contributed by atoms with Gasteiger partial charge in [-0.05, 0) is 51.0 Å². The molecular weight excluding hydrogens is 384 g/mol. The summed E-state index contributed by atoms with van der Waals surface area (Å²) in [4.78, 5) is 29.1. The molecular formula is C23H26N2O3S. The van der Waals surface area contributed by atoms with E-state index in [0.29, 0.717) is 17.9 Å². The molecule has 0 saturated heterocycles. The largest absolute Gasteiger partial charge is 0.469 e. The molecule has 6 heteroatoms. The molecule has 0 atom stereocenters. The number of benzene rings is 1. The Morgan fingerprint density at radius 2 is 1.86 bits per heavy atom. The molecule has 0 fully saturated rings. The summed E-state index contributed by atoms with van der Waals surface area (Å²) in [7, 11) is 1.38. The van der Waals surface area contributed by atoms with Crippen LogP contribution in [0.4, 0.5) is 0 Å². The van der Waals surface area contributed by atoms with Gasteiger partial charge in [-0.2, -0.15) is 0 Å². The molecule has 0 saturated carbocycles. The molecule has 29 heavy (non-hydrogen) atoms. The van der Waals surface area contributed by atoms with Crippen molar-refractivity contribution in [3.63, 3.8) is 0 Å². The van der Waals surface area contributed by atoms with Gasteiger partial charge in [0.15, 0.2) is 5.78 Å². The van der Waals surface area contributed by atoms with E-state index in [1.165, 1.54) is 18.9 Å². The van der Waals surface area contributed by atoms with Crippen molar-refractivity contribution in [1.29, 1.82) is 0 Å². The van der Waals surface area contributed by atoms with E-state index >= 15 is 0 Å². The second-order valence-corrected chi connectivity index (χ2v) is 8.22. The van der Waals surface area contributed by atoms with Crippen molar-refractivity contribution in [3.05, 3.63) is 58.4 Å². The van der Waals surface area contributed by atoms with Crippen LogP contribution >= 0.6 is 11.8 Å². The first-order valence-electron chi connectivity index (χ1n) is 9.58. The highest BCUT2D eigenvalue weighted by Crippen LogP contribution is 2.27. The number of thioether (sulfide) groups is 1. The summed E-state index contributed by atoms with van der Waals surface area (Å²) in [5.74, 6) is 0.135. The van der Waals surface area contributed by atoms with Crippen LogP contribution in [0, 0.1) is 27.7 Å². The number of esters is 1. The first-order chi connectivity index (χ1) is 13.8. The number of aryl methyl sites for hydroxylation is 3. The van der Waals surface area contributed by atoms with Crippen LogP contribution in [0.1, 0.15) is 39.3 Å². The van der Waals surface area contributed by atoms with Crippen LogP contribution in [0.25, 0.3) is 10.9 Å². The molecule has 0 bridgehead atoms. The molecule has 0 radical (unpaired) electrons. The minimum atomic E-state index is -0.256. The highest BCUT2D eigenvalue weighted by molar-refractivity contribution is 7.99. The van der Waals surface area contributed by atoms with E-state index in [-0.39, 0.29) is 18.2 Å². The number of ketones is 1. The van der Waals surface area contributed by atoms with Gasteiger partial charge < -0.3 is 9.30 Å². The monoisotopic (exact) mass is 410 g/mol. The number of fused-ring (bicyclic) bond motifs is 1. The van der Waals surface area contributed by atoms with Gasteiger partial charge in [0.25, 0.3) is 0 Å². The number of nitrogens with zero attached hydrogens (tertiary/aromatic N) is 2. The van der Waals surface area contributed by atoms with Gasteiger partial charge in [0, 0.05) is 28.9 Å². The molecule has 0 aliphatic heterocycles. The lowest BCUT2D eigenvalue weighted by Gasteiger charge is -2.09. The summed E-state index contributed by atoms with van der Waals surface area (Å²) in [6.07, 6.45) is 0.287. The van der Waals surface area contributed by atoms with Crippen LogP contribution in [0.3, 0.4) is 0 Å². The van der Waals surface area contributed by atoms with Crippen LogP contribution in [-0.4, -0.2) is 34.2 Å². The smallest absolute Gasteiger partial charge is 0.307 e. The Bertz CT molecular complexity index is 1090. The van der Waals surface area contributed by atoms with E-state index in [9.17, 15) is 9.59 Å². The van der Waals surface area contributed by atoms with Crippen LogP contribution in [0.2, 0.25) is 0 Å². The fraction of sp³-hybridized carbons (Fsp3) is 0.348. The maximum atomic E-state index is 12.9. The topological polar surface area (TPSA) is 61.2 Å². The Morgan fingerprint density at radius 3 is 2.59 bits per heavy atom. The first kappa shape index (κ1) is 21.1. The lowest BCUT2D eigenvalue weighted by molar-refractivity contribution is -0.140. The van der Waals surface area contributed by atoms with Crippen molar-refractivity contribution in [3.8, 4) is 0 Å². The third kappa shape index (κ3) is 4.53. The van der Waals surface area contributed by atoms with Crippen molar-refractivity contribution in [2.24, 2.45) is 0 Å². The van der Waals surface area contributed by atoms with Crippen molar-refractivity contribution >= 4 is 34.4 Å². The lowest BCUT2D eigenvalue weighted by Crippen LogP contribution is -2.10. The van der Waals surface area contributed by atoms with Gasteiger partial charge in [-0.1, -0.05) is 30.0 Å². The average Bonchev–Trinajstić information content (AvgIpc) is 2.98. The maximum Gasteiger partial charge on any atom is 0.307 e. The fourth-order valence-corrected chi connectivity index (χ4v) is 4.41. The lowest BCUT2D eigenvalue weighted by atomic mass is 10.1. The summed E-state index contributed by atoms with van der Waals surface area (Å²) in [6, 6.07) is 10.1. The molecule has 0 spiro atoms. The quantitative estimate of drug-likeness (QED) is 0.318. The zero-order chi connectivity index (χ0) is 21.1. The average molecular weight is 411 g/mol. The Hall–Kier alpha value is -2.60. The maximum absolute atomic E-state index is 12.9. The summed E-state index contributed by atoms with van der Waals surface area (Å²) in [6.45, 7) is 8.51. The van der Waals surface area contributed by atoms with Gasteiger partial charge in [-0.25, -0.2) is 4.98 Å². The zero-order valence-electron chi connectivity index (χ0n) is 17.5. The summed E-state index contributed by atoms with van der Waals surface area (Å²) >= 11 is 1.46. The summed E-state index contributed by atoms with van der Waals surface area (Å²) in [5, 5.41) is 2.01. The second kappa shape index (κ2) is 8.82. The van der Waals surface area contributed by atoms with Gasteiger partial charge >= 0.3 is 5.97 Å². The van der Waals surface area contributed by atoms with Gasteiger partial charge in [-0.15, -0.1) is 0 Å². The SMILES string of the molecule is COC(=O)CCn1c(C)cc(C(=O)CSc2cc(C)c3cccc(C)c3n2)c1C. The molecule has 2 heterocycles. The number of hydrogen-bond donors (Lipinski definition) is 0. The minimum absolute atomic E-state index is 0.0664. The fourth-order valence-electron chi connectivity index (χ4n) is 3.55. The number of aromatic nitrogens is 2. The van der Waals surface area contributed by atoms with Crippen molar-refractivity contribution in [2.45, 2.75) is 45.7 Å². The number of pyridine rings is 1. The van der Waals surface area contributed by atoms with E-state index < -0.39 is 0 Å². The Kier molecular flexibility index (Phi) is 6.42. The standard InChI is InChI=1S/C23H26N2O3S/c1-14-7-6-8-18-15(2)11-21(24-23(14)18)29-13-20(26)19-12-16(3)25(17(19)4)10-9-22(27)28-5/h6-8,11-12H,9-10,13H2,1-5H3. The molecule has 0 aliphatic rings. The van der Waals surface area contributed by atoms with E-state index in [1.807, 2.05) is 36.6 Å². The Morgan fingerprint density at radius 1 is 1.10 bits per heavy atom. The van der Waals surface area contributed by atoms with Gasteiger partial charge in [0.2, 0.25) is 0 Å². The van der Waals surface area contributed by atoms with Crippen LogP contribution < -0.4 is 0 Å². The zero-order valence-corrected chi connectivity index (χ0v) is 18.4. The number of rotatable bonds is 7. The number of hydrogen-bond acceptors (Lipinski definition) is 5. The Balaban J connectivity index is 1.75. The summed E-state index contributed by atoms with van der Waals surface area (Å²) in [5.41, 5.74) is 5.84. The highest BCUT2D eigenvalue weighted by Gasteiger charge is 2.17. The van der Waals surface area contributed by atoms with Crippen molar-refractivity contribution < 1.29 is 14.3 Å². The predicted molar refractivity (Wildman–Crippen MR) is 117 cm³/mol. The van der Waals surface area contributed by atoms with Gasteiger partial charge in [0.05, 0.1) is 29.8 Å². The third-order valence-corrected chi connectivity index (χ3v) is 6.13. The third-order valence-electron chi connectivity index (χ3n) is 5.22. The Labute approximate surface area is 175 Å². The number of carbonyl (C=O) groups excluding carboxylic acids is 2. The van der Waals surface area contributed by atoms with E-state index in [2.05, 4.69) is 26.0 Å². The molecule has 1 aromatic carbocycles. The number of Topliss-reactive ketones (excluding diaryl/α,β-unsaturated/α-hetero) is 1. The van der Waals surface area contributed by atoms with Crippen LogP contribution in [0.5, 0.6) is 0 Å². The normalized spacial score (nSPS) is 11.1. The van der Waals surface area contributed by atoms with E-state index in [1.54, 1.807) is 0 Å². The number of carbonyl (C=O) groups is 2. The number of ether oxygens (including phenoxy) is 1. The molecule has 5 nitrogen and oxygen atoms in total. The predicted octanol–water partition coefficient (Wildman–Crippen LogP) is 4.81. The molecule has 0 unspecified atom stereocenters. The number of methoxy groups -OCH3 is 1. The molecule has 3 aromatic rings.